The van der Waals surface area contributed by atoms with Crippen molar-refractivity contribution in [2.24, 2.45) is 0 Å². The fourth-order valence-corrected chi connectivity index (χ4v) is 2.95. The quantitative estimate of drug-likeness (QED) is 0.741. The number of imide groups is 1. The van der Waals surface area contributed by atoms with Gasteiger partial charge in [0.15, 0.2) is 0 Å². The Morgan fingerprint density at radius 2 is 1.71 bits per heavy atom. The van der Waals surface area contributed by atoms with E-state index in [-0.39, 0.29) is 35.4 Å². The molecule has 8 heteroatoms. The van der Waals surface area contributed by atoms with Crippen molar-refractivity contribution in [1.82, 2.24) is 4.90 Å². The highest BCUT2D eigenvalue weighted by Gasteiger charge is 2.35. The zero-order valence-corrected chi connectivity index (χ0v) is 15.3. The Hall–Kier alpha value is -3.52. The molecule has 144 valence electrons. The molecule has 0 bridgehead atoms. The van der Waals surface area contributed by atoms with E-state index in [2.05, 4.69) is 5.32 Å². The largest absolute Gasteiger partial charge is 0.478 e. The zero-order chi connectivity index (χ0) is 20.4. The van der Waals surface area contributed by atoms with Crippen LogP contribution in [0.2, 0.25) is 0 Å². The summed E-state index contributed by atoms with van der Waals surface area (Å²) in [6.45, 7) is 2.05. The molecule has 28 heavy (non-hydrogen) atoms. The molecule has 0 saturated heterocycles. The smallest absolute Gasteiger partial charge is 0.335 e. The Kier molecular flexibility index (Phi) is 5.23. The van der Waals surface area contributed by atoms with Gasteiger partial charge in [-0.1, -0.05) is 0 Å². The molecule has 1 heterocycles. The number of anilines is 1. The molecule has 8 nitrogen and oxygen atoms in total. The van der Waals surface area contributed by atoms with E-state index in [9.17, 15) is 19.2 Å². The van der Waals surface area contributed by atoms with Crippen molar-refractivity contribution >= 4 is 29.4 Å². The molecule has 2 aromatic rings. The summed E-state index contributed by atoms with van der Waals surface area (Å²) < 4.78 is 4.91. The molecule has 2 N–H and O–H groups in total. The van der Waals surface area contributed by atoms with Crippen LogP contribution in [-0.4, -0.2) is 54.0 Å². The molecule has 0 spiro atoms. The van der Waals surface area contributed by atoms with Gasteiger partial charge in [0.25, 0.3) is 17.7 Å². The maximum Gasteiger partial charge on any atom is 0.335 e. The minimum Gasteiger partial charge on any atom is -0.478 e. The molecule has 0 radical (unpaired) electrons. The molecule has 0 unspecified atom stereocenters. The fourth-order valence-electron chi connectivity index (χ4n) is 2.95. The monoisotopic (exact) mass is 382 g/mol. The lowest BCUT2D eigenvalue weighted by molar-refractivity contribution is 0.0601. The van der Waals surface area contributed by atoms with Gasteiger partial charge in [-0.05, 0) is 48.9 Å². The number of methoxy groups -OCH3 is 1. The van der Waals surface area contributed by atoms with Gasteiger partial charge in [0.05, 0.1) is 29.8 Å². The molecule has 3 rings (SSSR count). The third-order valence-corrected chi connectivity index (χ3v) is 4.47. The molecule has 1 aliphatic heterocycles. The first-order valence-electron chi connectivity index (χ1n) is 8.48. The average molecular weight is 382 g/mol. The fraction of sp³-hybridized carbons (Fsp3) is 0.200. The van der Waals surface area contributed by atoms with E-state index < -0.39 is 23.7 Å². The maximum atomic E-state index is 12.6. The molecular weight excluding hydrogens is 364 g/mol. The van der Waals surface area contributed by atoms with Crippen LogP contribution in [0.5, 0.6) is 0 Å². The topological polar surface area (TPSA) is 113 Å². The van der Waals surface area contributed by atoms with Gasteiger partial charge in [0, 0.05) is 18.4 Å². The van der Waals surface area contributed by atoms with Gasteiger partial charge in [-0.15, -0.1) is 0 Å². The molecule has 0 saturated carbocycles. The number of hydrogen-bond donors (Lipinski definition) is 2. The number of hydrogen-bond acceptors (Lipinski definition) is 5. The minimum absolute atomic E-state index is 0.119. The van der Waals surface area contributed by atoms with Crippen molar-refractivity contribution in [2.75, 3.05) is 25.6 Å². The summed E-state index contributed by atoms with van der Waals surface area (Å²) in [5.41, 5.74) is 1.81. The van der Waals surface area contributed by atoms with E-state index in [0.29, 0.717) is 11.3 Å². The SMILES string of the molecule is COCCN1C(=O)c2ccc(C(=O)Nc3ccc(C(=O)O)cc3C)cc2C1=O. The highest BCUT2D eigenvalue weighted by atomic mass is 16.5. The predicted octanol–water partition coefficient (Wildman–Crippen LogP) is 2.19. The van der Waals surface area contributed by atoms with Gasteiger partial charge in [-0.25, -0.2) is 4.79 Å². The van der Waals surface area contributed by atoms with Gasteiger partial charge >= 0.3 is 5.97 Å². The van der Waals surface area contributed by atoms with Crippen LogP contribution in [0.4, 0.5) is 5.69 Å². The Morgan fingerprint density at radius 3 is 2.36 bits per heavy atom. The molecule has 3 amide bonds. The van der Waals surface area contributed by atoms with Crippen LogP contribution in [0.3, 0.4) is 0 Å². The number of ether oxygens (including phenoxy) is 1. The molecular formula is C20H18N2O6. The van der Waals surface area contributed by atoms with Gasteiger partial charge in [0.2, 0.25) is 0 Å². The van der Waals surface area contributed by atoms with E-state index in [0.717, 1.165) is 4.90 Å². The number of carboxylic acid groups (broad SMARTS) is 1. The summed E-state index contributed by atoms with van der Waals surface area (Å²) in [6, 6.07) is 8.67. The molecule has 0 fully saturated rings. The van der Waals surface area contributed by atoms with Crippen LogP contribution < -0.4 is 5.32 Å². The Morgan fingerprint density at radius 1 is 1.04 bits per heavy atom. The number of carboxylic acids is 1. The predicted molar refractivity (Wildman–Crippen MR) is 99.8 cm³/mol. The lowest BCUT2D eigenvalue weighted by atomic mass is 10.0. The summed E-state index contributed by atoms with van der Waals surface area (Å²) in [6.07, 6.45) is 0. The first kappa shape index (κ1) is 19.2. The summed E-state index contributed by atoms with van der Waals surface area (Å²) in [4.78, 5) is 49.4. The number of benzene rings is 2. The van der Waals surface area contributed by atoms with Gasteiger partial charge in [0.1, 0.15) is 0 Å². The summed E-state index contributed by atoms with van der Waals surface area (Å²) in [7, 11) is 1.48. The number of aromatic carboxylic acids is 1. The number of carbonyl (C=O) groups excluding carboxylic acids is 3. The molecule has 0 aliphatic carbocycles. The average Bonchev–Trinajstić information content (AvgIpc) is 2.91. The van der Waals surface area contributed by atoms with Gasteiger partial charge in [-0.3, -0.25) is 19.3 Å². The molecule has 0 atom stereocenters. The third-order valence-electron chi connectivity index (χ3n) is 4.47. The van der Waals surface area contributed by atoms with Crippen molar-refractivity contribution < 1.29 is 29.0 Å². The van der Waals surface area contributed by atoms with Crippen molar-refractivity contribution in [3.8, 4) is 0 Å². The van der Waals surface area contributed by atoms with Crippen LogP contribution in [-0.2, 0) is 4.74 Å². The Balaban J connectivity index is 1.82. The zero-order valence-electron chi connectivity index (χ0n) is 15.3. The number of nitrogens with one attached hydrogen (secondary N) is 1. The van der Waals surface area contributed by atoms with Crippen LogP contribution in [0.15, 0.2) is 36.4 Å². The van der Waals surface area contributed by atoms with E-state index in [1.54, 1.807) is 6.92 Å². The first-order chi connectivity index (χ1) is 13.3. The minimum atomic E-state index is -1.05. The van der Waals surface area contributed by atoms with Crippen molar-refractivity contribution in [3.63, 3.8) is 0 Å². The first-order valence-corrected chi connectivity index (χ1v) is 8.48. The van der Waals surface area contributed by atoms with Crippen molar-refractivity contribution in [3.05, 3.63) is 64.2 Å². The van der Waals surface area contributed by atoms with Crippen LogP contribution in [0.25, 0.3) is 0 Å². The van der Waals surface area contributed by atoms with E-state index in [1.165, 1.54) is 43.5 Å². The third kappa shape index (κ3) is 3.49. The highest BCUT2D eigenvalue weighted by Crippen LogP contribution is 2.25. The Bertz CT molecular complexity index is 998. The van der Waals surface area contributed by atoms with Crippen molar-refractivity contribution in [2.45, 2.75) is 6.92 Å². The lowest BCUT2D eigenvalue weighted by Crippen LogP contribution is -2.32. The number of aryl methyl sites for hydroxylation is 1. The summed E-state index contributed by atoms with van der Waals surface area (Å²) in [5, 5.41) is 11.7. The van der Waals surface area contributed by atoms with Gasteiger partial charge in [-0.2, -0.15) is 0 Å². The number of nitrogens with zero attached hydrogens (tertiary/aromatic N) is 1. The van der Waals surface area contributed by atoms with E-state index >= 15 is 0 Å². The number of amides is 3. The molecule has 2 aromatic carbocycles. The standard InChI is InChI=1S/C20H18N2O6/c1-11-9-13(20(26)27)4-6-16(11)21-17(23)12-3-5-14-15(10-12)19(25)22(18(14)24)7-8-28-2/h3-6,9-10H,7-8H2,1-2H3,(H,21,23)(H,26,27). The Labute approximate surface area is 160 Å². The van der Waals surface area contributed by atoms with Gasteiger partial charge < -0.3 is 15.2 Å². The number of carbonyl (C=O) groups is 4. The lowest BCUT2D eigenvalue weighted by Gasteiger charge is -2.12. The second kappa shape index (κ2) is 7.61. The molecule has 1 aliphatic rings. The maximum absolute atomic E-state index is 12.6. The second-order valence-electron chi connectivity index (χ2n) is 6.30. The normalized spacial score (nSPS) is 12.9. The molecule has 0 aromatic heterocycles. The van der Waals surface area contributed by atoms with Crippen molar-refractivity contribution in [1.29, 1.82) is 0 Å². The van der Waals surface area contributed by atoms with Crippen LogP contribution in [0.1, 0.15) is 47.0 Å². The second-order valence-corrected chi connectivity index (χ2v) is 6.30. The van der Waals surface area contributed by atoms with Crippen LogP contribution >= 0.6 is 0 Å². The van der Waals surface area contributed by atoms with Crippen LogP contribution in [0, 0.1) is 6.92 Å². The number of rotatable bonds is 6. The van der Waals surface area contributed by atoms with E-state index in [1.807, 2.05) is 0 Å². The summed E-state index contributed by atoms with van der Waals surface area (Å²) in [5.74, 6) is -2.40. The summed E-state index contributed by atoms with van der Waals surface area (Å²) >= 11 is 0. The highest BCUT2D eigenvalue weighted by molar-refractivity contribution is 6.22. The number of fused-ring (bicyclic) bond motifs is 1. The van der Waals surface area contributed by atoms with E-state index in [4.69, 9.17) is 9.84 Å².